The molecule has 3 aromatic rings. The zero-order chi connectivity index (χ0) is 17.8. The third-order valence-electron chi connectivity index (χ3n) is 3.61. The van der Waals surface area contributed by atoms with Gasteiger partial charge in [-0.1, -0.05) is 6.92 Å². The number of nitrogens with zero attached hydrogens (tertiary/aromatic N) is 2. The molecule has 0 atom stereocenters. The first-order valence-electron chi connectivity index (χ1n) is 7.65. The van der Waals surface area contributed by atoms with E-state index in [4.69, 9.17) is 4.42 Å². The molecule has 2 heterocycles. The van der Waals surface area contributed by atoms with Gasteiger partial charge in [0.2, 0.25) is 12.3 Å². The molecule has 0 aliphatic heterocycles. The first-order valence-corrected chi connectivity index (χ1v) is 8.46. The van der Waals surface area contributed by atoms with E-state index in [9.17, 15) is 9.59 Å². The minimum Gasteiger partial charge on any atom is -0.423 e. The highest BCUT2D eigenvalue weighted by atomic mass is 32.1. The first kappa shape index (κ1) is 16.8. The van der Waals surface area contributed by atoms with Gasteiger partial charge in [0.1, 0.15) is 0 Å². The van der Waals surface area contributed by atoms with Gasteiger partial charge >= 0.3 is 0 Å². The maximum absolute atomic E-state index is 12.1. The van der Waals surface area contributed by atoms with Crippen molar-refractivity contribution in [2.75, 3.05) is 0 Å². The van der Waals surface area contributed by atoms with Crippen LogP contribution in [0.5, 0.6) is 0 Å². The molecule has 3 rings (SSSR count). The number of nitrogens with one attached hydrogen (secondary N) is 2. The zero-order valence-electron chi connectivity index (χ0n) is 13.7. The summed E-state index contributed by atoms with van der Waals surface area (Å²) in [6, 6.07) is 8.45. The number of thiophene rings is 1. The van der Waals surface area contributed by atoms with E-state index in [0.717, 1.165) is 16.9 Å². The molecule has 0 saturated carbocycles. The SMILES string of the molecule is CCc1sc(C(=O)NNC(=O)c2ccc(-c3nnco3)cc2)cc1C. The molecule has 1 aromatic carbocycles. The van der Waals surface area contributed by atoms with Gasteiger partial charge in [-0.05, 0) is 49.2 Å². The number of hydrogen-bond donors (Lipinski definition) is 2. The van der Waals surface area contributed by atoms with Gasteiger partial charge in [0.05, 0.1) is 4.88 Å². The van der Waals surface area contributed by atoms with Crippen molar-refractivity contribution in [1.82, 2.24) is 21.0 Å². The maximum Gasteiger partial charge on any atom is 0.279 e. The van der Waals surface area contributed by atoms with Gasteiger partial charge in [0.15, 0.2) is 0 Å². The van der Waals surface area contributed by atoms with Crippen LogP contribution in [0.4, 0.5) is 0 Å². The Balaban J connectivity index is 1.61. The van der Waals surface area contributed by atoms with E-state index in [1.54, 1.807) is 24.3 Å². The Kier molecular flexibility index (Phi) is 4.90. The molecule has 0 aliphatic rings. The quantitative estimate of drug-likeness (QED) is 0.701. The topological polar surface area (TPSA) is 97.1 Å². The van der Waals surface area contributed by atoms with Crippen molar-refractivity contribution in [1.29, 1.82) is 0 Å². The highest BCUT2D eigenvalue weighted by Gasteiger charge is 2.13. The lowest BCUT2D eigenvalue weighted by atomic mass is 10.1. The monoisotopic (exact) mass is 356 g/mol. The number of amides is 2. The summed E-state index contributed by atoms with van der Waals surface area (Å²) in [6.07, 6.45) is 2.12. The molecule has 0 saturated heterocycles. The van der Waals surface area contributed by atoms with E-state index in [2.05, 4.69) is 21.0 Å². The minimum atomic E-state index is -0.408. The van der Waals surface area contributed by atoms with Crippen molar-refractivity contribution >= 4 is 23.2 Å². The number of carbonyl (C=O) groups is 2. The van der Waals surface area contributed by atoms with Gasteiger partial charge in [0.25, 0.3) is 11.8 Å². The van der Waals surface area contributed by atoms with Crippen LogP contribution in [0.3, 0.4) is 0 Å². The van der Waals surface area contributed by atoms with E-state index in [-0.39, 0.29) is 5.91 Å². The van der Waals surface area contributed by atoms with Crippen molar-refractivity contribution < 1.29 is 14.0 Å². The fraction of sp³-hybridized carbons (Fsp3) is 0.176. The maximum atomic E-state index is 12.1. The molecule has 8 heteroatoms. The van der Waals surface area contributed by atoms with E-state index in [1.807, 2.05) is 19.9 Å². The van der Waals surface area contributed by atoms with Crippen molar-refractivity contribution in [3.63, 3.8) is 0 Å². The summed E-state index contributed by atoms with van der Waals surface area (Å²) in [4.78, 5) is 26.0. The first-order chi connectivity index (χ1) is 12.1. The molecule has 2 N–H and O–H groups in total. The molecule has 7 nitrogen and oxygen atoms in total. The van der Waals surface area contributed by atoms with E-state index >= 15 is 0 Å². The Morgan fingerprint density at radius 3 is 2.48 bits per heavy atom. The molecule has 0 bridgehead atoms. The van der Waals surface area contributed by atoms with Crippen LogP contribution in [0.2, 0.25) is 0 Å². The van der Waals surface area contributed by atoms with Gasteiger partial charge < -0.3 is 4.42 Å². The van der Waals surface area contributed by atoms with E-state index in [0.29, 0.717) is 21.9 Å². The number of aromatic nitrogens is 2. The molecule has 0 spiro atoms. The number of aryl methyl sites for hydroxylation is 2. The Morgan fingerprint density at radius 2 is 1.88 bits per heavy atom. The molecular weight excluding hydrogens is 340 g/mol. The summed E-state index contributed by atoms with van der Waals surface area (Å²) < 4.78 is 5.09. The normalized spacial score (nSPS) is 10.5. The molecule has 2 aromatic heterocycles. The highest BCUT2D eigenvalue weighted by molar-refractivity contribution is 7.14. The van der Waals surface area contributed by atoms with Gasteiger partial charge in [-0.25, -0.2) is 0 Å². The van der Waals surface area contributed by atoms with Crippen LogP contribution in [-0.4, -0.2) is 22.0 Å². The Labute approximate surface area is 148 Å². The molecule has 25 heavy (non-hydrogen) atoms. The number of benzene rings is 1. The fourth-order valence-electron chi connectivity index (χ4n) is 2.29. The summed E-state index contributed by atoms with van der Waals surface area (Å²) in [6.45, 7) is 4.01. The predicted octanol–water partition coefficient (Wildman–Crippen LogP) is 2.74. The number of rotatable bonds is 4. The van der Waals surface area contributed by atoms with Crippen LogP contribution in [-0.2, 0) is 6.42 Å². The van der Waals surface area contributed by atoms with Gasteiger partial charge in [-0.3, -0.25) is 20.4 Å². The lowest BCUT2D eigenvalue weighted by Crippen LogP contribution is -2.41. The van der Waals surface area contributed by atoms with Gasteiger partial charge in [0, 0.05) is 16.0 Å². The van der Waals surface area contributed by atoms with Gasteiger partial charge in [-0.15, -0.1) is 21.5 Å². The van der Waals surface area contributed by atoms with Crippen LogP contribution in [0.25, 0.3) is 11.5 Å². The van der Waals surface area contributed by atoms with Crippen LogP contribution in [0.1, 0.15) is 37.4 Å². The number of hydrazine groups is 1. The third-order valence-corrected chi connectivity index (χ3v) is 4.99. The summed E-state index contributed by atoms with van der Waals surface area (Å²) >= 11 is 1.43. The van der Waals surface area contributed by atoms with Crippen LogP contribution in [0.15, 0.2) is 41.1 Å². The standard InChI is InChI=1S/C17H16N4O3S/c1-3-13-10(2)8-14(25-13)16(23)20-19-15(22)11-4-6-12(7-5-11)17-21-18-9-24-17/h4-9H,3H2,1-2H3,(H,19,22)(H,20,23). The molecule has 128 valence electrons. The van der Waals surface area contributed by atoms with Crippen molar-refractivity contribution in [3.8, 4) is 11.5 Å². The minimum absolute atomic E-state index is 0.330. The van der Waals surface area contributed by atoms with Crippen LogP contribution < -0.4 is 10.9 Å². The lowest BCUT2D eigenvalue weighted by molar-refractivity contribution is 0.0849. The van der Waals surface area contributed by atoms with E-state index in [1.165, 1.54) is 17.7 Å². The third kappa shape index (κ3) is 3.74. The second-order valence-corrected chi connectivity index (χ2v) is 6.44. The van der Waals surface area contributed by atoms with E-state index < -0.39 is 5.91 Å². The molecule has 0 unspecified atom stereocenters. The van der Waals surface area contributed by atoms with Crippen molar-refractivity contribution in [2.24, 2.45) is 0 Å². The lowest BCUT2D eigenvalue weighted by Gasteiger charge is -2.06. The summed E-state index contributed by atoms with van der Waals surface area (Å²) in [5.74, 6) is -0.363. The van der Waals surface area contributed by atoms with Crippen LogP contribution >= 0.6 is 11.3 Å². The fourth-order valence-corrected chi connectivity index (χ4v) is 3.30. The smallest absolute Gasteiger partial charge is 0.279 e. The van der Waals surface area contributed by atoms with Crippen molar-refractivity contribution in [3.05, 3.63) is 57.6 Å². The second-order valence-electron chi connectivity index (χ2n) is 5.30. The van der Waals surface area contributed by atoms with Crippen LogP contribution in [0, 0.1) is 6.92 Å². The second kappa shape index (κ2) is 7.27. The summed E-state index contributed by atoms with van der Waals surface area (Å²) in [5, 5.41) is 7.40. The largest absolute Gasteiger partial charge is 0.423 e. The van der Waals surface area contributed by atoms with Gasteiger partial charge in [-0.2, -0.15) is 0 Å². The number of hydrogen-bond acceptors (Lipinski definition) is 6. The average Bonchev–Trinajstić information content (AvgIpc) is 3.29. The molecular formula is C17H16N4O3S. The summed E-state index contributed by atoms with van der Waals surface area (Å²) in [7, 11) is 0. The summed E-state index contributed by atoms with van der Waals surface area (Å²) in [5.41, 5.74) is 7.04. The average molecular weight is 356 g/mol. The highest BCUT2D eigenvalue weighted by Crippen LogP contribution is 2.22. The molecule has 0 fully saturated rings. The Hall–Kier alpha value is -3.00. The Bertz CT molecular complexity index is 885. The molecule has 0 aliphatic carbocycles. The van der Waals surface area contributed by atoms with Crippen molar-refractivity contribution in [2.45, 2.75) is 20.3 Å². The molecule has 2 amide bonds. The molecule has 0 radical (unpaired) electrons. The Morgan fingerprint density at radius 1 is 1.16 bits per heavy atom. The zero-order valence-corrected chi connectivity index (χ0v) is 14.5. The predicted molar refractivity (Wildman–Crippen MR) is 93.1 cm³/mol. The number of carbonyl (C=O) groups excluding carboxylic acids is 2.